The highest BCUT2D eigenvalue weighted by Crippen LogP contribution is 2.32. The van der Waals surface area contributed by atoms with Gasteiger partial charge in [0.25, 0.3) is 0 Å². The number of thioether (sulfide) groups is 1. The van der Waals surface area contributed by atoms with Crippen LogP contribution < -0.4 is 0 Å². The molecule has 0 bridgehead atoms. The molecule has 5 nitrogen and oxygen atoms in total. The molecule has 19 heavy (non-hydrogen) atoms. The van der Waals surface area contributed by atoms with E-state index in [1.54, 1.807) is 18.9 Å². The molecule has 3 rings (SSSR count). The van der Waals surface area contributed by atoms with Crippen LogP contribution in [0.3, 0.4) is 0 Å². The van der Waals surface area contributed by atoms with Gasteiger partial charge in [-0.15, -0.1) is 0 Å². The van der Waals surface area contributed by atoms with Crippen molar-refractivity contribution in [1.82, 2.24) is 19.7 Å². The molecule has 0 saturated heterocycles. The smallest absolute Gasteiger partial charge is 0.187 e. The van der Waals surface area contributed by atoms with E-state index in [-0.39, 0.29) is 0 Å². The predicted molar refractivity (Wildman–Crippen MR) is 74.3 cm³/mol. The van der Waals surface area contributed by atoms with Gasteiger partial charge in [0.05, 0.1) is 30.7 Å². The third kappa shape index (κ3) is 2.26. The summed E-state index contributed by atoms with van der Waals surface area (Å²) in [7, 11) is 1.71. The summed E-state index contributed by atoms with van der Waals surface area (Å²) in [6.45, 7) is 1.41. The molecule has 0 atom stereocenters. The number of aromatic nitrogens is 4. The maximum Gasteiger partial charge on any atom is 0.187 e. The van der Waals surface area contributed by atoms with Gasteiger partial charge in [-0.1, -0.05) is 11.8 Å². The van der Waals surface area contributed by atoms with Gasteiger partial charge in [-0.2, -0.15) is 5.10 Å². The van der Waals surface area contributed by atoms with Crippen molar-refractivity contribution in [3.05, 3.63) is 23.5 Å². The van der Waals surface area contributed by atoms with Gasteiger partial charge in [-0.25, -0.2) is 9.97 Å². The quantitative estimate of drug-likeness (QED) is 0.629. The summed E-state index contributed by atoms with van der Waals surface area (Å²) < 4.78 is 7.14. The number of fused-ring (bicyclic) bond motifs is 3. The maximum atomic E-state index is 5.14. The monoisotopic (exact) mass is 276 g/mol. The van der Waals surface area contributed by atoms with Crippen LogP contribution in [0.25, 0.3) is 11.4 Å². The first-order valence-electron chi connectivity index (χ1n) is 6.27. The lowest BCUT2D eigenvalue weighted by atomic mass is 9.95. The summed E-state index contributed by atoms with van der Waals surface area (Å²) >= 11 is 1.57. The second kappa shape index (κ2) is 5.30. The van der Waals surface area contributed by atoms with Crippen LogP contribution in [0.15, 0.2) is 17.6 Å². The first-order valence-corrected chi connectivity index (χ1v) is 7.50. The highest BCUT2D eigenvalue weighted by Gasteiger charge is 2.23. The Kier molecular flexibility index (Phi) is 3.52. The fourth-order valence-corrected chi connectivity index (χ4v) is 2.72. The Morgan fingerprint density at radius 1 is 1.32 bits per heavy atom. The number of hydrogen-bond donors (Lipinski definition) is 0. The van der Waals surface area contributed by atoms with E-state index >= 15 is 0 Å². The average molecular weight is 276 g/mol. The van der Waals surface area contributed by atoms with Crippen LogP contribution in [0, 0.1) is 0 Å². The third-order valence-corrected chi connectivity index (χ3v) is 3.90. The van der Waals surface area contributed by atoms with E-state index in [2.05, 4.69) is 15.1 Å². The highest BCUT2D eigenvalue weighted by atomic mass is 32.2. The largest absolute Gasteiger partial charge is 0.383 e. The summed E-state index contributed by atoms with van der Waals surface area (Å²) in [5.74, 6) is 0. The van der Waals surface area contributed by atoms with Gasteiger partial charge in [0.1, 0.15) is 0 Å². The van der Waals surface area contributed by atoms with Crippen molar-refractivity contribution in [3.8, 4) is 11.4 Å². The van der Waals surface area contributed by atoms with E-state index in [0.29, 0.717) is 6.61 Å². The van der Waals surface area contributed by atoms with Crippen LogP contribution in [0.4, 0.5) is 0 Å². The van der Waals surface area contributed by atoms with Crippen molar-refractivity contribution < 1.29 is 4.74 Å². The molecule has 1 aliphatic rings. The Morgan fingerprint density at radius 3 is 2.95 bits per heavy atom. The minimum atomic E-state index is 0.657. The lowest BCUT2D eigenvalue weighted by molar-refractivity contribution is 0.184. The van der Waals surface area contributed by atoms with Gasteiger partial charge in [0.2, 0.25) is 0 Å². The molecule has 2 aromatic rings. The first-order chi connectivity index (χ1) is 9.33. The lowest BCUT2D eigenvalue weighted by Crippen LogP contribution is -2.13. The number of aryl methyl sites for hydroxylation is 2. The molecule has 100 valence electrons. The Hall–Kier alpha value is -1.40. The van der Waals surface area contributed by atoms with E-state index in [1.807, 2.05) is 23.3 Å². The van der Waals surface area contributed by atoms with Crippen molar-refractivity contribution in [2.24, 2.45) is 0 Å². The zero-order valence-electron chi connectivity index (χ0n) is 11.1. The summed E-state index contributed by atoms with van der Waals surface area (Å²) in [6.07, 6.45) is 7.90. The number of ether oxygens (including phenoxy) is 1. The highest BCUT2D eigenvalue weighted by molar-refractivity contribution is 7.98. The molecule has 0 aliphatic heterocycles. The Balaban J connectivity index is 2.07. The summed E-state index contributed by atoms with van der Waals surface area (Å²) in [5, 5.41) is 5.27. The normalized spacial score (nSPS) is 13.2. The first kappa shape index (κ1) is 12.6. The van der Waals surface area contributed by atoms with Gasteiger partial charge in [0, 0.05) is 18.9 Å². The molecule has 2 heterocycles. The number of rotatable bonds is 4. The second-order valence-electron chi connectivity index (χ2n) is 4.46. The zero-order valence-corrected chi connectivity index (χ0v) is 11.9. The van der Waals surface area contributed by atoms with Gasteiger partial charge in [-0.05, 0) is 24.7 Å². The second-order valence-corrected chi connectivity index (χ2v) is 5.24. The van der Waals surface area contributed by atoms with Crippen molar-refractivity contribution >= 4 is 11.8 Å². The van der Waals surface area contributed by atoms with Crippen molar-refractivity contribution in [2.45, 2.75) is 24.5 Å². The molecule has 0 N–H and O–H groups in total. The SMILES string of the molecule is COCCn1ncc2c1-c1nc(SC)ncc1CC2. The predicted octanol–water partition coefficient (Wildman–Crippen LogP) is 1.81. The van der Waals surface area contributed by atoms with E-state index in [9.17, 15) is 0 Å². The molecule has 0 aromatic carbocycles. The van der Waals surface area contributed by atoms with Crippen LogP contribution in [0.1, 0.15) is 11.1 Å². The van der Waals surface area contributed by atoms with Crippen LogP contribution >= 0.6 is 11.8 Å². The molecule has 2 aromatic heterocycles. The fraction of sp³-hybridized carbons (Fsp3) is 0.462. The summed E-state index contributed by atoms with van der Waals surface area (Å²) in [6, 6.07) is 0. The molecule has 1 aliphatic carbocycles. The van der Waals surface area contributed by atoms with E-state index in [1.165, 1.54) is 11.1 Å². The Morgan fingerprint density at radius 2 is 2.16 bits per heavy atom. The molecule has 0 amide bonds. The molecular weight excluding hydrogens is 260 g/mol. The lowest BCUT2D eigenvalue weighted by Gasteiger charge is -2.17. The topological polar surface area (TPSA) is 52.8 Å². The van der Waals surface area contributed by atoms with Crippen molar-refractivity contribution in [2.75, 3.05) is 20.0 Å². The molecule has 0 radical (unpaired) electrons. The average Bonchev–Trinajstić information content (AvgIpc) is 2.88. The standard InChI is InChI=1S/C13H16N4OS/c1-18-6-5-17-12-10(8-15-17)4-3-9-7-14-13(19-2)16-11(9)12/h7-8H,3-6H2,1-2H3. The van der Waals surface area contributed by atoms with Gasteiger partial charge in [0.15, 0.2) is 5.16 Å². The molecule has 0 unspecified atom stereocenters. The van der Waals surface area contributed by atoms with E-state index in [0.717, 1.165) is 35.9 Å². The number of methoxy groups -OCH3 is 1. The molecule has 6 heteroatoms. The van der Waals surface area contributed by atoms with Gasteiger partial charge >= 0.3 is 0 Å². The fourth-order valence-electron chi connectivity index (χ4n) is 2.37. The van der Waals surface area contributed by atoms with Crippen molar-refractivity contribution in [3.63, 3.8) is 0 Å². The minimum absolute atomic E-state index is 0.657. The van der Waals surface area contributed by atoms with E-state index < -0.39 is 0 Å². The van der Waals surface area contributed by atoms with Crippen molar-refractivity contribution in [1.29, 1.82) is 0 Å². The Bertz CT molecular complexity index is 596. The minimum Gasteiger partial charge on any atom is -0.383 e. The van der Waals surface area contributed by atoms with Crippen LogP contribution in [-0.2, 0) is 24.1 Å². The number of nitrogens with zero attached hydrogens (tertiary/aromatic N) is 4. The molecule has 0 spiro atoms. The van der Waals surface area contributed by atoms with Crippen LogP contribution in [-0.4, -0.2) is 39.7 Å². The van der Waals surface area contributed by atoms with Gasteiger partial charge < -0.3 is 4.74 Å². The van der Waals surface area contributed by atoms with E-state index in [4.69, 9.17) is 4.74 Å². The summed E-state index contributed by atoms with van der Waals surface area (Å²) in [4.78, 5) is 9.02. The molecular formula is C13H16N4OS. The third-order valence-electron chi connectivity index (χ3n) is 3.34. The summed E-state index contributed by atoms with van der Waals surface area (Å²) in [5.41, 5.74) is 4.66. The van der Waals surface area contributed by atoms with Crippen LogP contribution in [0.2, 0.25) is 0 Å². The maximum absolute atomic E-state index is 5.14. The molecule has 0 fully saturated rings. The van der Waals surface area contributed by atoms with Crippen LogP contribution in [0.5, 0.6) is 0 Å². The number of hydrogen-bond acceptors (Lipinski definition) is 5. The zero-order chi connectivity index (χ0) is 13.2. The Labute approximate surface area is 116 Å². The van der Waals surface area contributed by atoms with Gasteiger partial charge in [-0.3, -0.25) is 4.68 Å². The molecule has 0 saturated carbocycles.